The van der Waals surface area contributed by atoms with E-state index in [0.717, 1.165) is 16.8 Å². The first kappa shape index (κ1) is 19.5. The van der Waals surface area contributed by atoms with Crippen LogP contribution in [0.5, 0.6) is 0 Å². The lowest BCUT2D eigenvalue weighted by atomic mass is 10.1. The molecular weight excluding hydrogens is 402 g/mol. The Kier molecular flexibility index (Phi) is 6.19. The van der Waals surface area contributed by atoms with Crippen LogP contribution in [0.1, 0.15) is 27.2 Å². The molecule has 0 atom stereocenters. The second-order valence-corrected chi connectivity index (χ2v) is 8.89. The number of anilines is 2. The fourth-order valence-electron chi connectivity index (χ4n) is 2.29. The van der Waals surface area contributed by atoms with Crippen molar-refractivity contribution in [3.05, 3.63) is 46.0 Å². The summed E-state index contributed by atoms with van der Waals surface area (Å²) in [5.41, 5.74) is 3.50. The van der Waals surface area contributed by atoms with Crippen molar-refractivity contribution in [2.75, 3.05) is 16.4 Å². The quantitative estimate of drug-likeness (QED) is 0.465. The molecule has 0 unspecified atom stereocenters. The van der Waals surface area contributed by atoms with Gasteiger partial charge in [0.15, 0.2) is 9.47 Å². The van der Waals surface area contributed by atoms with E-state index in [0.29, 0.717) is 20.2 Å². The van der Waals surface area contributed by atoms with Crippen molar-refractivity contribution in [2.45, 2.75) is 25.1 Å². The van der Waals surface area contributed by atoms with E-state index in [4.69, 9.17) is 0 Å². The molecular formula is C17H17N5O2S3. The van der Waals surface area contributed by atoms with Gasteiger partial charge in [0.1, 0.15) is 0 Å². The molecule has 140 valence electrons. The molecule has 1 aromatic carbocycles. The van der Waals surface area contributed by atoms with E-state index in [9.17, 15) is 9.59 Å². The number of hydrogen-bond donors (Lipinski definition) is 2. The molecule has 2 amide bonds. The summed E-state index contributed by atoms with van der Waals surface area (Å²) in [6.45, 7) is 5.76. The number of amides is 2. The predicted octanol–water partition coefficient (Wildman–Crippen LogP) is 3.90. The van der Waals surface area contributed by atoms with Crippen LogP contribution in [-0.4, -0.2) is 32.7 Å². The number of carbonyl (C=O) groups excluding carboxylic acids is 2. The number of carbonyl (C=O) groups is 2. The van der Waals surface area contributed by atoms with Crippen molar-refractivity contribution < 1.29 is 9.59 Å². The van der Waals surface area contributed by atoms with Gasteiger partial charge in [-0.2, -0.15) is 0 Å². The van der Waals surface area contributed by atoms with Crippen molar-refractivity contribution in [3.63, 3.8) is 0 Å². The number of aromatic nitrogens is 3. The van der Waals surface area contributed by atoms with Crippen LogP contribution in [0.15, 0.2) is 27.9 Å². The second-order valence-electron chi connectivity index (χ2n) is 5.83. The topological polar surface area (TPSA) is 96.9 Å². The third-order valence-electron chi connectivity index (χ3n) is 3.30. The van der Waals surface area contributed by atoms with E-state index in [1.165, 1.54) is 34.4 Å². The van der Waals surface area contributed by atoms with Crippen LogP contribution in [-0.2, 0) is 4.79 Å². The Morgan fingerprint density at radius 2 is 1.78 bits per heavy atom. The standard InChI is InChI=1S/C17H17N5O2S3/c1-9-4-10(2)6-12(5-9)14(24)20-16-21-22-17(27-16)26-8-13(23)19-15-18-11(3)7-25-15/h4-7H,8H2,1-3H3,(H,18,19,23)(H,20,21,24). The van der Waals surface area contributed by atoms with Gasteiger partial charge in [-0.3, -0.25) is 14.9 Å². The van der Waals surface area contributed by atoms with Crippen molar-refractivity contribution >= 4 is 56.5 Å². The van der Waals surface area contributed by atoms with Crippen molar-refractivity contribution in [1.29, 1.82) is 0 Å². The summed E-state index contributed by atoms with van der Waals surface area (Å²) in [4.78, 5) is 28.5. The summed E-state index contributed by atoms with van der Waals surface area (Å²) in [6.07, 6.45) is 0. The number of aryl methyl sites for hydroxylation is 3. The van der Waals surface area contributed by atoms with Crippen LogP contribution in [0.2, 0.25) is 0 Å². The first-order valence-electron chi connectivity index (χ1n) is 7.97. The van der Waals surface area contributed by atoms with E-state index in [-0.39, 0.29) is 17.6 Å². The smallest absolute Gasteiger partial charge is 0.257 e. The fraction of sp³-hybridized carbons (Fsp3) is 0.235. The van der Waals surface area contributed by atoms with Gasteiger partial charge in [0, 0.05) is 10.9 Å². The number of thiazole rings is 1. The maximum absolute atomic E-state index is 12.4. The molecule has 27 heavy (non-hydrogen) atoms. The minimum atomic E-state index is -0.230. The molecule has 0 aliphatic heterocycles. The average Bonchev–Trinajstić information content (AvgIpc) is 3.21. The van der Waals surface area contributed by atoms with E-state index in [2.05, 4.69) is 25.8 Å². The van der Waals surface area contributed by atoms with E-state index in [1.807, 2.05) is 44.4 Å². The van der Waals surface area contributed by atoms with Gasteiger partial charge >= 0.3 is 0 Å². The highest BCUT2D eigenvalue weighted by Gasteiger charge is 2.13. The molecule has 3 rings (SSSR count). The maximum atomic E-state index is 12.4. The Balaban J connectivity index is 1.53. The molecule has 2 N–H and O–H groups in total. The number of nitrogens with one attached hydrogen (secondary N) is 2. The summed E-state index contributed by atoms with van der Waals surface area (Å²) in [7, 11) is 0. The Labute approximate surface area is 168 Å². The van der Waals surface area contributed by atoms with Gasteiger partial charge in [0.25, 0.3) is 5.91 Å². The number of nitrogens with zero attached hydrogens (tertiary/aromatic N) is 3. The SMILES string of the molecule is Cc1cc(C)cc(C(=O)Nc2nnc(SCC(=O)Nc3nc(C)cs3)s2)c1. The molecule has 2 heterocycles. The minimum absolute atomic E-state index is 0.162. The second kappa shape index (κ2) is 8.59. The van der Waals surface area contributed by atoms with Gasteiger partial charge < -0.3 is 5.32 Å². The van der Waals surface area contributed by atoms with Crippen LogP contribution in [0.25, 0.3) is 0 Å². The fourth-order valence-corrected chi connectivity index (χ4v) is 4.54. The normalized spacial score (nSPS) is 10.6. The van der Waals surface area contributed by atoms with Crippen LogP contribution in [0, 0.1) is 20.8 Å². The van der Waals surface area contributed by atoms with Gasteiger partial charge in [0.05, 0.1) is 11.4 Å². The summed E-state index contributed by atoms with van der Waals surface area (Å²) < 4.78 is 0.608. The largest absolute Gasteiger partial charge is 0.301 e. The first-order chi connectivity index (χ1) is 12.9. The summed E-state index contributed by atoms with van der Waals surface area (Å²) in [5, 5.41) is 16.3. The first-order valence-corrected chi connectivity index (χ1v) is 10.6. The van der Waals surface area contributed by atoms with Crippen LogP contribution in [0.3, 0.4) is 0 Å². The highest BCUT2D eigenvalue weighted by atomic mass is 32.2. The third-order valence-corrected chi connectivity index (χ3v) is 6.15. The maximum Gasteiger partial charge on any atom is 0.257 e. The van der Waals surface area contributed by atoms with Gasteiger partial charge in [-0.05, 0) is 32.9 Å². The average molecular weight is 420 g/mol. The molecule has 0 bridgehead atoms. The summed E-state index contributed by atoms with van der Waals surface area (Å²) >= 11 is 3.88. The highest BCUT2D eigenvalue weighted by molar-refractivity contribution is 8.01. The molecule has 2 aromatic heterocycles. The number of benzene rings is 1. The lowest BCUT2D eigenvalue weighted by Gasteiger charge is -2.04. The molecule has 7 nitrogen and oxygen atoms in total. The molecule has 10 heteroatoms. The Bertz CT molecular complexity index is 962. The zero-order valence-corrected chi connectivity index (χ0v) is 17.3. The molecule has 0 saturated heterocycles. The molecule has 0 spiro atoms. The monoisotopic (exact) mass is 419 g/mol. The number of rotatable bonds is 6. The van der Waals surface area contributed by atoms with E-state index in [1.54, 1.807) is 0 Å². The van der Waals surface area contributed by atoms with Crippen molar-refractivity contribution in [2.24, 2.45) is 0 Å². The predicted molar refractivity (Wildman–Crippen MR) is 110 cm³/mol. The van der Waals surface area contributed by atoms with Gasteiger partial charge in [0.2, 0.25) is 11.0 Å². The Morgan fingerprint density at radius 3 is 2.44 bits per heavy atom. The van der Waals surface area contributed by atoms with Crippen LogP contribution >= 0.6 is 34.4 Å². The molecule has 0 aliphatic carbocycles. The lowest BCUT2D eigenvalue weighted by Crippen LogP contribution is -2.13. The van der Waals surface area contributed by atoms with Gasteiger partial charge in [-0.25, -0.2) is 4.98 Å². The third kappa shape index (κ3) is 5.59. The summed E-state index contributed by atoms with van der Waals surface area (Å²) in [5.74, 6) is -0.199. The zero-order chi connectivity index (χ0) is 19.4. The lowest BCUT2D eigenvalue weighted by molar-refractivity contribution is -0.113. The van der Waals surface area contributed by atoms with Crippen molar-refractivity contribution in [1.82, 2.24) is 15.2 Å². The van der Waals surface area contributed by atoms with Crippen molar-refractivity contribution in [3.8, 4) is 0 Å². The number of hydrogen-bond acceptors (Lipinski definition) is 8. The molecule has 0 saturated carbocycles. The molecule has 0 aliphatic rings. The minimum Gasteiger partial charge on any atom is -0.301 e. The van der Waals surface area contributed by atoms with Crippen LogP contribution in [0.4, 0.5) is 10.3 Å². The van der Waals surface area contributed by atoms with Gasteiger partial charge in [-0.1, -0.05) is 40.3 Å². The Morgan fingerprint density at radius 1 is 1.04 bits per heavy atom. The van der Waals surface area contributed by atoms with E-state index >= 15 is 0 Å². The summed E-state index contributed by atoms with van der Waals surface area (Å²) in [6, 6.07) is 5.65. The molecule has 3 aromatic rings. The van der Waals surface area contributed by atoms with E-state index < -0.39 is 0 Å². The zero-order valence-electron chi connectivity index (χ0n) is 14.9. The Hall–Kier alpha value is -2.30. The molecule has 0 radical (unpaired) electrons. The van der Waals surface area contributed by atoms with Crippen LogP contribution < -0.4 is 10.6 Å². The molecule has 0 fully saturated rings. The number of thioether (sulfide) groups is 1. The van der Waals surface area contributed by atoms with Gasteiger partial charge in [-0.15, -0.1) is 21.5 Å². The highest BCUT2D eigenvalue weighted by Crippen LogP contribution is 2.26.